The van der Waals surface area contributed by atoms with Crippen molar-refractivity contribution >= 4 is 17.7 Å². The predicted octanol–water partition coefficient (Wildman–Crippen LogP) is 0.303. The van der Waals surface area contributed by atoms with Gasteiger partial charge in [0.25, 0.3) is 5.91 Å². The molecule has 2 aliphatic heterocycles. The van der Waals surface area contributed by atoms with Crippen LogP contribution in [0.15, 0.2) is 24.3 Å². The van der Waals surface area contributed by atoms with E-state index in [1.807, 2.05) is 6.92 Å². The first-order chi connectivity index (χ1) is 11.5. The van der Waals surface area contributed by atoms with Crippen molar-refractivity contribution in [1.82, 2.24) is 15.5 Å². The summed E-state index contributed by atoms with van der Waals surface area (Å²) >= 11 is 0. The van der Waals surface area contributed by atoms with Gasteiger partial charge >= 0.3 is 0 Å². The zero-order valence-electron chi connectivity index (χ0n) is 13.7. The lowest BCUT2D eigenvalue weighted by atomic mass is 10.1. The summed E-state index contributed by atoms with van der Waals surface area (Å²) in [5.74, 6) is 0.255. The molecule has 0 unspecified atom stereocenters. The maximum atomic E-state index is 12.3. The van der Waals surface area contributed by atoms with Crippen LogP contribution >= 0.6 is 0 Å². The molecule has 3 amide bonds. The first-order valence-corrected chi connectivity index (χ1v) is 8.09. The van der Waals surface area contributed by atoms with E-state index < -0.39 is 12.1 Å². The highest BCUT2D eigenvalue weighted by molar-refractivity contribution is 5.98. The summed E-state index contributed by atoms with van der Waals surface area (Å²) in [7, 11) is 1.56. The van der Waals surface area contributed by atoms with Crippen molar-refractivity contribution < 1.29 is 19.1 Å². The molecular weight excluding hydrogens is 310 g/mol. The average molecular weight is 331 g/mol. The number of hydrogen-bond acceptors (Lipinski definition) is 4. The van der Waals surface area contributed by atoms with Crippen LogP contribution in [0.1, 0.15) is 30.1 Å². The molecule has 3 rings (SSSR count). The predicted molar refractivity (Wildman–Crippen MR) is 86.6 cm³/mol. The Balaban J connectivity index is 1.66. The number of methoxy groups -OCH3 is 1. The summed E-state index contributed by atoms with van der Waals surface area (Å²) in [5.41, 5.74) is 0.517. The van der Waals surface area contributed by atoms with E-state index in [0.717, 1.165) is 0 Å². The minimum Gasteiger partial charge on any atom is -0.497 e. The van der Waals surface area contributed by atoms with Crippen LogP contribution in [-0.4, -0.2) is 54.4 Å². The van der Waals surface area contributed by atoms with Crippen LogP contribution in [0.2, 0.25) is 0 Å². The molecule has 2 saturated heterocycles. The van der Waals surface area contributed by atoms with E-state index in [9.17, 15) is 14.4 Å². The summed E-state index contributed by atoms with van der Waals surface area (Å²) < 4.78 is 5.07. The maximum Gasteiger partial charge on any atom is 0.251 e. The number of piperazine rings is 1. The van der Waals surface area contributed by atoms with Crippen molar-refractivity contribution in [3.63, 3.8) is 0 Å². The molecule has 2 fully saturated rings. The minimum atomic E-state index is -0.485. The molecule has 2 aliphatic rings. The molecule has 0 aromatic heterocycles. The fraction of sp³-hybridized carbons (Fsp3) is 0.471. The van der Waals surface area contributed by atoms with Crippen molar-refractivity contribution in [3.8, 4) is 5.75 Å². The number of carbonyl (C=O) groups is 3. The normalized spacial score (nSPS) is 25.9. The summed E-state index contributed by atoms with van der Waals surface area (Å²) in [4.78, 5) is 38.4. The third-order valence-electron chi connectivity index (χ3n) is 4.60. The Morgan fingerprint density at radius 3 is 2.67 bits per heavy atom. The number of amides is 3. The van der Waals surface area contributed by atoms with Crippen LogP contribution in [0, 0.1) is 0 Å². The summed E-state index contributed by atoms with van der Waals surface area (Å²) in [6.45, 7) is 2.23. The molecule has 0 aliphatic carbocycles. The molecule has 24 heavy (non-hydrogen) atoms. The van der Waals surface area contributed by atoms with Gasteiger partial charge in [0.2, 0.25) is 11.8 Å². The summed E-state index contributed by atoms with van der Waals surface area (Å²) in [6, 6.07) is 5.63. The number of hydrogen-bond donors (Lipinski definition) is 2. The Kier molecular flexibility index (Phi) is 4.42. The molecule has 1 aromatic rings. The first-order valence-electron chi connectivity index (χ1n) is 8.09. The van der Waals surface area contributed by atoms with Gasteiger partial charge in [-0.25, -0.2) is 0 Å². The van der Waals surface area contributed by atoms with Crippen LogP contribution in [-0.2, 0) is 9.59 Å². The van der Waals surface area contributed by atoms with Gasteiger partial charge < -0.3 is 20.3 Å². The molecule has 2 heterocycles. The molecular formula is C17H21N3O4. The molecule has 0 spiro atoms. The highest BCUT2D eigenvalue weighted by atomic mass is 16.5. The van der Waals surface area contributed by atoms with Gasteiger partial charge in [-0.1, -0.05) is 6.92 Å². The van der Waals surface area contributed by atoms with Gasteiger partial charge in [0.15, 0.2) is 0 Å². The van der Waals surface area contributed by atoms with Crippen LogP contribution in [0.3, 0.4) is 0 Å². The zero-order chi connectivity index (χ0) is 17.3. The Morgan fingerprint density at radius 2 is 2.04 bits per heavy atom. The van der Waals surface area contributed by atoms with Crippen LogP contribution < -0.4 is 15.4 Å². The quantitative estimate of drug-likeness (QED) is 0.831. The van der Waals surface area contributed by atoms with Gasteiger partial charge in [-0.15, -0.1) is 0 Å². The lowest BCUT2D eigenvalue weighted by Crippen LogP contribution is -2.60. The van der Waals surface area contributed by atoms with Crippen LogP contribution in [0.5, 0.6) is 5.75 Å². The van der Waals surface area contributed by atoms with Gasteiger partial charge in [0.1, 0.15) is 17.8 Å². The lowest BCUT2D eigenvalue weighted by molar-refractivity contribution is -0.147. The van der Waals surface area contributed by atoms with E-state index in [-0.39, 0.29) is 23.8 Å². The number of rotatable bonds is 4. The SMILES string of the molecule is CC[C@@H]1NC(=O)[C@@H]2C[C@H](NC(=O)c3ccc(OC)cc3)CN2C1=O. The molecule has 7 nitrogen and oxygen atoms in total. The highest BCUT2D eigenvalue weighted by Gasteiger charge is 2.46. The lowest BCUT2D eigenvalue weighted by Gasteiger charge is -2.33. The average Bonchev–Trinajstić information content (AvgIpc) is 3.02. The number of benzene rings is 1. The van der Waals surface area contributed by atoms with Crippen molar-refractivity contribution in [3.05, 3.63) is 29.8 Å². The maximum absolute atomic E-state index is 12.3. The topological polar surface area (TPSA) is 87.7 Å². The van der Waals surface area contributed by atoms with Crippen LogP contribution in [0.4, 0.5) is 0 Å². The molecule has 128 valence electrons. The number of ether oxygens (including phenoxy) is 1. The molecule has 0 saturated carbocycles. The van der Waals surface area contributed by atoms with E-state index in [1.165, 1.54) is 0 Å². The smallest absolute Gasteiger partial charge is 0.251 e. The Labute approximate surface area is 140 Å². The van der Waals surface area contributed by atoms with Gasteiger partial charge in [-0.2, -0.15) is 0 Å². The number of nitrogens with one attached hydrogen (secondary N) is 2. The van der Waals surface area contributed by atoms with E-state index in [0.29, 0.717) is 30.7 Å². The molecule has 1 aromatic carbocycles. The van der Waals surface area contributed by atoms with Gasteiger partial charge in [-0.3, -0.25) is 14.4 Å². The van der Waals surface area contributed by atoms with Crippen molar-refractivity contribution in [2.45, 2.75) is 37.9 Å². The van der Waals surface area contributed by atoms with Gasteiger partial charge in [0, 0.05) is 18.2 Å². The number of fused-ring (bicyclic) bond motifs is 1. The third kappa shape index (κ3) is 2.93. The molecule has 0 radical (unpaired) electrons. The minimum absolute atomic E-state index is 0.0664. The van der Waals surface area contributed by atoms with E-state index in [1.54, 1.807) is 36.3 Å². The molecule has 0 bridgehead atoms. The fourth-order valence-corrected chi connectivity index (χ4v) is 3.25. The zero-order valence-corrected chi connectivity index (χ0v) is 13.7. The summed E-state index contributed by atoms with van der Waals surface area (Å²) in [5, 5.41) is 5.66. The molecule has 7 heteroatoms. The van der Waals surface area contributed by atoms with Crippen LogP contribution in [0.25, 0.3) is 0 Å². The van der Waals surface area contributed by atoms with Crippen molar-refractivity contribution in [2.75, 3.05) is 13.7 Å². The molecule has 2 N–H and O–H groups in total. The Hall–Kier alpha value is -2.57. The third-order valence-corrected chi connectivity index (χ3v) is 4.60. The standard InChI is InChI=1S/C17H21N3O4/c1-3-13-17(23)20-9-11(8-14(20)16(22)19-13)18-15(21)10-4-6-12(24-2)7-5-10/h4-7,11,13-14H,3,8-9H2,1-2H3,(H,18,21)(H,19,22)/t11-,13-,14-/m0/s1. The molecule has 3 atom stereocenters. The van der Waals surface area contributed by atoms with Crippen molar-refractivity contribution in [1.29, 1.82) is 0 Å². The second kappa shape index (κ2) is 6.51. The van der Waals surface area contributed by atoms with Gasteiger partial charge in [0.05, 0.1) is 7.11 Å². The van der Waals surface area contributed by atoms with E-state index in [2.05, 4.69) is 10.6 Å². The highest BCUT2D eigenvalue weighted by Crippen LogP contribution is 2.24. The van der Waals surface area contributed by atoms with E-state index in [4.69, 9.17) is 4.74 Å². The van der Waals surface area contributed by atoms with Gasteiger partial charge in [-0.05, 0) is 37.1 Å². The number of nitrogens with zero attached hydrogens (tertiary/aromatic N) is 1. The monoisotopic (exact) mass is 331 g/mol. The Morgan fingerprint density at radius 1 is 1.33 bits per heavy atom. The second-order valence-corrected chi connectivity index (χ2v) is 6.11. The summed E-state index contributed by atoms with van der Waals surface area (Å²) in [6.07, 6.45) is 1.01. The fourth-order valence-electron chi connectivity index (χ4n) is 3.25. The largest absolute Gasteiger partial charge is 0.497 e. The van der Waals surface area contributed by atoms with Crippen molar-refractivity contribution in [2.24, 2.45) is 0 Å². The second-order valence-electron chi connectivity index (χ2n) is 6.11. The van der Waals surface area contributed by atoms with E-state index >= 15 is 0 Å². The first kappa shape index (κ1) is 16.3. The number of carbonyl (C=O) groups excluding carboxylic acids is 3. The Bertz CT molecular complexity index is 658.